The molecule has 0 aliphatic rings. The fourth-order valence-electron chi connectivity index (χ4n) is 7.83. The number of aliphatic carboxylic acids is 3. The van der Waals surface area contributed by atoms with Crippen LogP contribution in [0.3, 0.4) is 0 Å². The molecule has 0 spiro atoms. The number of rotatable bonds is 52. The molecule has 78 heavy (non-hydrogen) atoms. The number of aromatic carboxylic acids is 1. The van der Waals surface area contributed by atoms with Crippen molar-refractivity contribution in [2.75, 3.05) is 79.6 Å². The molecule has 0 saturated heterocycles. The molecule has 0 fully saturated rings. The Morgan fingerprint density at radius 1 is 0.487 bits per heavy atom. The molecule has 0 bridgehead atoms. The lowest BCUT2D eigenvalue weighted by molar-refractivity contribution is -0.144. The van der Waals surface area contributed by atoms with Gasteiger partial charge < -0.3 is 70.7 Å². The lowest BCUT2D eigenvalue weighted by Gasteiger charge is -2.21. The molecule has 0 heterocycles. The number of hydrogen-bond donors (Lipinski definition) is 9. The van der Waals surface area contributed by atoms with E-state index in [0.29, 0.717) is 50.9 Å². The van der Waals surface area contributed by atoms with Gasteiger partial charge in [0.25, 0.3) is 0 Å². The van der Waals surface area contributed by atoms with E-state index in [9.17, 15) is 58.2 Å². The van der Waals surface area contributed by atoms with E-state index in [1.165, 1.54) is 12.1 Å². The number of Topliss-reactive ketones (excluding diaryl/α,β-unsaturated/α-hetero) is 2. The quantitative estimate of drug-likeness (QED) is 0.0418. The van der Waals surface area contributed by atoms with Gasteiger partial charge in [0.15, 0.2) is 0 Å². The third kappa shape index (κ3) is 36.9. The number of carbonyl (C=O) groups excluding carboxylic acids is 6. The summed E-state index contributed by atoms with van der Waals surface area (Å²) in [5.74, 6) is -6.65. The van der Waals surface area contributed by atoms with Gasteiger partial charge in [-0.25, -0.2) is 14.4 Å². The maximum Gasteiger partial charge on any atom is 0.335 e. The smallest absolute Gasteiger partial charge is 0.335 e. The number of unbranched alkanes of at least 4 members (excludes halogenated alkanes) is 7. The van der Waals surface area contributed by atoms with Crippen LogP contribution in [0.25, 0.3) is 0 Å². The van der Waals surface area contributed by atoms with Crippen molar-refractivity contribution in [2.24, 2.45) is 5.92 Å². The number of carboxylic acid groups (broad SMARTS) is 4. The van der Waals surface area contributed by atoms with E-state index >= 15 is 0 Å². The first-order valence-electron chi connectivity index (χ1n) is 27.3. The number of carboxylic acids is 4. The minimum Gasteiger partial charge on any atom is -0.494 e. The molecule has 1 aromatic carbocycles. The number of carbonyl (C=O) groups is 10. The maximum atomic E-state index is 13.1. The standard InChI is InChI=1S/C54H87N5O19/c1-3-14-43(55-2)46(61)26-20-39(51(67)59-45(54(72)73)25-27-50(65)66)15-10-11-28-56-48(63)37-77-36-34-75-32-29-57-49(64)38-76-35-33-74-30-13-16-41(60)21-24-44(53(70)71)58-47(62)17-9-7-5-4-6-8-12-31-78-42-22-18-40(19-23-42)52(68)69/h18-19,22-23,39,43-45,55H,3-17,20-21,24-38H2,1-2H3,(H,56,63)(H,57,64)(H,58,62)(H,59,67)(H,65,66)(H,68,69)(H,70,71)(H,72,73)/t39-,43+,44+,45+/m1/s1. The number of ketones is 2. The second-order valence-electron chi connectivity index (χ2n) is 18.7. The molecule has 24 nitrogen and oxygen atoms in total. The van der Waals surface area contributed by atoms with Gasteiger partial charge in [0.2, 0.25) is 23.6 Å². The van der Waals surface area contributed by atoms with Gasteiger partial charge in [0, 0.05) is 57.7 Å². The predicted octanol–water partition coefficient (Wildman–Crippen LogP) is 3.84. The van der Waals surface area contributed by atoms with Crippen LogP contribution in [-0.4, -0.2) is 177 Å². The Morgan fingerprint density at radius 3 is 1.67 bits per heavy atom. The number of ether oxygens (including phenoxy) is 5. The second-order valence-corrected chi connectivity index (χ2v) is 18.7. The van der Waals surface area contributed by atoms with E-state index in [0.717, 1.165) is 44.9 Å². The van der Waals surface area contributed by atoms with Gasteiger partial charge in [0.1, 0.15) is 42.6 Å². The van der Waals surface area contributed by atoms with Gasteiger partial charge in [-0.3, -0.25) is 33.6 Å². The lowest BCUT2D eigenvalue weighted by Crippen LogP contribution is -2.44. The highest BCUT2D eigenvalue weighted by Gasteiger charge is 2.27. The molecule has 4 atom stereocenters. The molecule has 24 heteroatoms. The summed E-state index contributed by atoms with van der Waals surface area (Å²) in [6.07, 6.45) is 9.34. The van der Waals surface area contributed by atoms with Gasteiger partial charge in [-0.1, -0.05) is 51.9 Å². The van der Waals surface area contributed by atoms with E-state index in [2.05, 4.69) is 26.6 Å². The first-order chi connectivity index (χ1) is 37.5. The molecule has 0 aliphatic carbocycles. The van der Waals surface area contributed by atoms with Crippen molar-refractivity contribution in [3.05, 3.63) is 29.8 Å². The van der Waals surface area contributed by atoms with E-state index < -0.39 is 54.2 Å². The van der Waals surface area contributed by atoms with E-state index in [1.807, 2.05) is 6.92 Å². The Balaban J connectivity index is 2.08. The zero-order chi connectivity index (χ0) is 57.8. The van der Waals surface area contributed by atoms with Gasteiger partial charge >= 0.3 is 23.9 Å². The number of nitrogens with one attached hydrogen (secondary N) is 5. The molecule has 0 saturated carbocycles. The minimum absolute atomic E-state index is 0.000635. The van der Waals surface area contributed by atoms with Crippen LogP contribution in [0.4, 0.5) is 0 Å². The monoisotopic (exact) mass is 1110 g/mol. The minimum atomic E-state index is -1.38. The Bertz CT molecular complexity index is 1940. The van der Waals surface area contributed by atoms with Gasteiger partial charge in [-0.2, -0.15) is 0 Å². The number of benzene rings is 1. The van der Waals surface area contributed by atoms with Crippen LogP contribution in [0.15, 0.2) is 24.3 Å². The zero-order valence-electron chi connectivity index (χ0n) is 45.7. The first kappa shape index (κ1) is 69.9. The predicted molar refractivity (Wildman–Crippen MR) is 284 cm³/mol. The summed E-state index contributed by atoms with van der Waals surface area (Å²) in [4.78, 5) is 120. The lowest BCUT2D eigenvalue weighted by atomic mass is 9.92. The van der Waals surface area contributed by atoms with Gasteiger partial charge in [-0.15, -0.1) is 0 Å². The molecular weight excluding hydrogens is 1020 g/mol. The summed E-state index contributed by atoms with van der Waals surface area (Å²) in [6, 6.07) is 3.38. The van der Waals surface area contributed by atoms with E-state index in [4.69, 9.17) is 33.9 Å². The summed E-state index contributed by atoms with van der Waals surface area (Å²) in [5.41, 5.74) is 0.207. The number of amides is 4. The van der Waals surface area contributed by atoms with Crippen LogP contribution in [0.2, 0.25) is 0 Å². The molecule has 1 aromatic rings. The first-order valence-corrected chi connectivity index (χ1v) is 27.3. The molecule has 9 N–H and O–H groups in total. The Morgan fingerprint density at radius 2 is 1.06 bits per heavy atom. The summed E-state index contributed by atoms with van der Waals surface area (Å²) >= 11 is 0. The Hall–Kier alpha value is -6.08. The average molecular weight is 1110 g/mol. The molecule has 0 unspecified atom stereocenters. The molecule has 442 valence electrons. The Labute approximate surface area is 457 Å². The largest absolute Gasteiger partial charge is 0.494 e. The van der Waals surface area contributed by atoms with Crippen molar-refractivity contribution in [3.8, 4) is 5.75 Å². The SMILES string of the molecule is CCC[C@H](NC)C(=O)CC[C@@H](CCCCNC(=O)COCCOCCNC(=O)COCCOCCCC(=O)CC[C@H](NC(=O)CCCCCCCCCOc1ccc(C(=O)O)cc1)C(=O)O)C(=O)N[C@@H](CCC(=O)O)C(=O)O. The number of likely N-dealkylation sites (N-methyl/N-ethyl adjacent to an activating group) is 1. The third-order valence-corrected chi connectivity index (χ3v) is 12.3. The van der Waals surface area contributed by atoms with Crippen molar-refractivity contribution in [3.63, 3.8) is 0 Å². The Kier molecular flexibility index (Phi) is 40.2. The highest BCUT2D eigenvalue weighted by molar-refractivity contribution is 5.88. The normalized spacial score (nSPS) is 12.6. The molecule has 0 radical (unpaired) electrons. The van der Waals surface area contributed by atoms with Crippen LogP contribution in [0, 0.1) is 5.92 Å². The van der Waals surface area contributed by atoms with Crippen molar-refractivity contribution >= 4 is 59.1 Å². The molecular formula is C54H87N5O19. The van der Waals surface area contributed by atoms with Crippen LogP contribution in [0.1, 0.15) is 152 Å². The summed E-state index contributed by atoms with van der Waals surface area (Å²) in [5, 5.41) is 50.3. The second kappa shape index (κ2) is 44.9. The number of hydrogen-bond acceptors (Lipinski definition) is 16. The molecule has 0 aliphatic heterocycles. The van der Waals surface area contributed by atoms with Crippen molar-refractivity contribution in [1.29, 1.82) is 0 Å². The summed E-state index contributed by atoms with van der Waals surface area (Å²) in [6.45, 7) is 3.66. The van der Waals surface area contributed by atoms with Crippen LogP contribution >= 0.6 is 0 Å². The third-order valence-electron chi connectivity index (χ3n) is 12.3. The van der Waals surface area contributed by atoms with E-state index in [-0.39, 0.29) is 152 Å². The topological polar surface area (TPSA) is 358 Å². The maximum absolute atomic E-state index is 13.1. The van der Waals surface area contributed by atoms with Gasteiger partial charge in [-0.05, 0) is 89.1 Å². The van der Waals surface area contributed by atoms with Crippen molar-refractivity contribution in [2.45, 2.75) is 160 Å². The zero-order valence-corrected chi connectivity index (χ0v) is 45.7. The summed E-state index contributed by atoms with van der Waals surface area (Å²) < 4.78 is 27.2. The molecule has 0 aromatic heterocycles. The molecule has 1 rings (SSSR count). The summed E-state index contributed by atoms with van der Waals surface area (Å²) in [7, 11) is 1.69. The van der Waals surface area contributed by atoms with Crippen LogP contribution in [-0.2, 0) is 62.1 Å². The van der Waals surface area contributed by atoms with Crippen LogP contribution in [0.5, 0.6) is 5.75 Å². The fourth-order valence-corrected chi connectivity index (χ4v) is 7.83. The average Bonchev–Trinajstić information content (AvgIpc) is 3.40. The van der Waals surface area contributed by atoms with Gasteiger partial charge in [0.05, 0.1) is 51.2 Å². The molecule has 4 amide bonds. The highest BCUT2D eigenvalue weighted by Crippen LogP contribution is 2.19. The fraction of sp³-hybridized carbons (Fsp3) is 0.704. The van der Waals surface area contributed by atoms with Crippen molar-refractivity contribution < 1.29 is 92.1 Å². The highest BCUT2D eigenvalue weighted by atomic mass is 16.5. The van der Waals surface area contributed by atoms with Crippen molar-refractivity contribution in [1.82, 2.24) is 26.6 Å². The van der Waals surface area contributed by atoms with E-state index in [1.54, 1.807) is 19.2 Å². The van der Waals surface area contributed by atoms with Crippen LogP contribution < -0.4 is 31.3 Å².